The first-order valence-electron chi connectivity index (χ1n) is 7.94. The van der Waals surface area contributed by atoms with Gasteiger partial charge in [0.25, 0.3) is 0 Å². The van der Waals surface area contributed by atoms with Gasteiger partial charge in [0.05, 0.1) is 5.52 Å². The van der Waals surface area contributed by atoms with Crippen LogP contribution in [0.2, 0.25) is 0 Å². The Morgan fingerprint density at radius 3 is 2.58 bits per heavy atom. The predicted molar refractivity (Wildman–Crippen MR) is 95.8 cm³/mol. The van der Waals surface area contributed by atoms with E-state index in [0.717, 1.165) is 46.9 Å². The molecule has 3 heterocycles. The van der Waals surface area contributed by atoms with E-state index in [4.69, 9.17) is 4.98 Å². The minimum absolute atomic E-state index is 0.761. The number of hydrogen-bond acceptors (Lipinski definition) is 4. The Bertz CT molecular complexity index is 932. The summed E-state index contributed by atoms with van der Waals surface area (Å²) in [4.78, 5) is 16.8. The topological polar surface area (TPSA) is 66.5 Å². The minimum Gasteiger partial charge on any atom is -0.368 e. The zero-order chi connectivity index (χ0) is 16.2. The molecule has 0 aliphatic carbocycles. The van der Waals surface area contributed by atoms with Crippen LogP contribution in [0.15, 0.2) is 67.0 Å². The van der Waals surface area contributed by atoms with E-state index in [-0.39, 0.29) is 0 Å². The molecule has 5 nitrogen and oxygen atoms in total. The number of hydrogen-bond donors (Lipinski definition) is 2. The number of pyridine rings is 2. The monoisotopic (exact) mass is 315 g/mol. The normalized spacial score (nSPS) is 10.8. The standard InChI is InChI=1S/C19H17N5/c1-2-6-14(7-3-1)18-23-16-10-13-22-19(17(16)24-18)21-12-9-15-8-4-5-11-20-15/h1-8,10-11,13H,9,12H2,(H,21,22)(H,23,24). The number of anilines is 1. The summed E-state index contributed by atoms with van der Waals surface area (Å²) in [5.41, 5.74) is 3.96. The number of rotatable bonds is 5. The Labute approximate surface area is 139 Å². The molecule has 0 spiro atoms. The maximum Gasteiger partial charge on any atom is 0.154 e. The number of fused-ring (bicyclic) bond motifs is 1. The molecule has 1 aromatic carbocycles. The lowest BCUT2D eigenvalue weighted by molar-refractivity contribution is 0.955. The van der Waals surface area contributed by atoms with Crippen LogP contribution >= 0.6 is 0 Å². The van der Waals surface area contributed by atoms with E-state index in [2.05, 4.69) is 20.3 Å². The zero-order valence-corrected chi connectivity index (χ0v) is 13.1. The maximum atomic E-state index is 4.71. The van der Waals surface area contributed by atoms with E-state index in [9.17, 15) is 0 Å². The summed E-state index contributed by atoms with van der Waals surface area (Å²) in [7, 11) is 0. The lowest BCUT2D eigenvalue weighted by Crippen LogP contribution is -2.07. The summed E-state index contributed by atoms with van der Waals surface area (Å²) >= 11 is 0. The molecule has 0 amide bonds. The highest BCUT2D eigenvalue weighted by atomic mass is 15.0. The summed E-state index contributed by atoms with van der Waals surface area (Å²) in [5.74, 6) is 1.65. The molecule has 3 aromatic heterocycles. The molecule has 0 bridgehead atoms. The molecule has 0 saturated heterocycles. The second kappa shape index (κ2) is 6.50. The summed E-state index contributed by atoms with van der Waals surface area (Å²) < 4.78 is 0. The molecule has 0 fully saturated rings. The van der Waals surface area contributed by atoms with Crippen LogP contribution in [0, 0.1) is 0 Å². The first-order valence-corrected chi connectivity index (χ1v) is 7.94. The predicted octanol–water partition coefficient (Wildman–Crippen LogP) is 3.67. The highest BCUT2D eigenvalue weighted by Gasteiger charge is 2.09. The first-order chi connectivity index (χ1) is 11.9. The van der Waals surface area contributed by atoms with E-state index in [0.29, 0.717) is 0 Å². The molecule has 24 heavy (non-hydrogen) atoms. The van der Waals surface area contributed by atoms with Gasteiger partial charge in [-0.1, -0.05) is 36.4 Å². The molecule has 0 aliphatic heterocycles. The van der Waals surface area contributed by atoms with Crippen molar-refractivity contribution in [3.05, 3.63) is 72.7 Å². The van der Waals surface area contributed by atoms with Crippen LogP contribution in [-0.4, -0.2) is 26.5 Å². The van der Waals surface area contributed by atoms with Crippen LogP contribution < -0.4 is 5.32 Å². The second-order valence-corrected chi connectivity index (χ2v) is 5.51. The van der Waals surface area contributed by atoms with Gasteiger partial charge in [-0.05, 0) is 18.2 Å². The van der Waals surface area contributed by atoms with Crippen LogP contribution in [-0.2, 0) is 6.42 Å². The molecule has 5 heteroatoms. The number of H-pyrrole nitrogens is 1. The molecule has 4 aromatic rings. The third-order valence-electron chi connectivity index (χ3n) is 3.85. The summed E-state index contributed by atoms with van der Waals surface area (Å²) in [6.45, 7) is 0.761. The largest absolute Gasteiger partial charge is 0.368 e. The Balaban J connectivity index is 1.56. The fraction of sp³-hybridized carbons (Fsp3) is 0.105. The SMILES string of the molecule is c1ccc(-c2nc3c(NCCc4ccccn4)nccc3[nH]2)cc1. The first kappa shape index (κ1) is 14.4. The van der Waals surface area contributed by atoms with E-state index < -0.39 is 0 Å². The maximum absolute atomic E-state index is 4.71. The molecular formula is C19H17N5. The zero-order valence-electron chi connectivity index (χ0n) is 13.1. The molecule has 118 valence electrons. The minimum atomic E-state index is 0.761. The van der Waals surface area contributed by atoms with E-state index >= 15 is 0 Å². The molecule has 0 aliphatic rings. The third kappa shape index (κ3) is 2.96. The molecule has 0 radical (unpaired) electrons. The Morgan fingerprint density at radius 2 is 1.75 bits per heavy atom. The molecule has 4 rings (SSSR count). The van der Waals surface area contributed by atoms with Crippen molar-refractivity contribution in [1.82, 2.24) is 19.9 Å². The van der Waals surface area contributed by atoms with E-state index in [1.165, 1.54) is 0 Å². The number of benzene rings is 1. The summed E-state index contributed by atoms with van der Waals surface area (Å²) in [5, 5.41) is 3.37. The van der Waals surface area contributed by atoms with Crippen LogP contribution in [0.1, 0.15) is 5.69 Å². The average molecular weight is 315 g/mol. The highest BCUT2D eigenvalue weighted by molar-refractivity contribution is 5.88. The van der Waals surface area contributed by atoms with Crippen LogP contribution in [0.25, 0.3) is 22.4 Å². The average Bonchev–Trinajstić information content (AvgIpc) is 3.09. The number of nitrogens with zero attached hydrogens (tertiary/aromatic N) is 3. The second-order valence-electron chi connectivity index (χ2n) is 5.51. The van der Waals surface area contributed by atoms with Crippen molar-refractivity contribution in [3.63, 3.8) is 0 Å². The molecule has 2 N–H and O–H groups in total. The van der Waals surface area contributed by atoms with Crippen molar-refractivity contribution in [2.45, 2.75) is 6.42 Å². The van der Waals surface area contributed by atoms with Crippen LogP contribution in [0.4, 0.5) is 5.82 Å². The molecule has 0 saturated carbocycles. The van der Waals surface area contributed by atoms with Crippen molar-refractivity contribution in [3.8, 4) is 11.4 Å². The van der Waals surface area contributed by atoms with Gasteiger partial charge in [0.1, 0.15) is 11.3 Å². The van der Waals surface area contributed by atoms with Crippen LogP contribution in [0.3, 0.4) is 0 Å². The fourth-order valence-corrected chi connectivity index (χ4v) is 2.65. The van der Waals surface area contributed by atoms with Crippen LogP contribution in [0.5, 0.6) is 0 Å². The van der Waals surface area contributed by atoms with Gasteiger partial charge in [0.15, 0.2) is 5.82 Å². The quantitative estimate of drug-likeness (QED) is 0.589. The number of nitrogens with one attached hydrogen (secondary N) is 2. The van der Waals surface area contributed by atoms with Crippen molar-refractivity contribution in [2.75, 3.05) is 11.9 Å². The van der Waals surface area contributed by atoms with Gasteiger partial charge < -0.3 is 10.3 Å². The molecule has 0 unspecified atom stereocenters. The van der Waals surface area contributed by atoms with Crippen molar-refractivity contribution >= 4 is 16.9 Å². The number of aromatic amines is 1. The Hall–Kier alpha value is -3.21. The van der Waals surface area contributed by atoms with Crippen molar-refractivity contribution in [2.24, 2.45) is 0 Å². The number of aromatic nitrogens is 4. The highest BCUT2D eigenvalue weighted by Crippen LogP contribution is 2.23. The van der Waals surface area contributed by atoms with Gasteiger partial charge in [0.2, 0.25) is 0 Å². The molecule has 0 atom stereocenters. The summed E-state index contributed by atoms with van der Waals surface area (Å²) in [6, 6.07) is 18.0. The van der Waals surface area contributed by atoms with Crippen molar-refractivity contribution in [1.29, 1.82) is 0 Å². The summed E-state index contributed by atoms with van der Waals surface area (Å²) in [6.07, 6.45) is 4.45. The van der Waals surface area contributed by atoms with Gasteiger partial charge in [0, 0.05) is 36.6 Å². The smallest absolute Gasteiger partial charge is 0.154 e. The van der Waals surface area contributed by atoms with Gasteiger partial charge in [-0.3, -0.25) is 4.98 Å². The lowest BCUT2D eigenvalue weighted by atomic mass is 10.2. The van der Waals surface area contributed by atoms with Gasteiger partial charge in [-0.15, -0.1) is 0 Å². The van der Waals surface area contributed by atoms with Gasteiger partial charge in [-0.2, -0.15) is 0 Å². The fourth-order valence-electron chi connectivity index (χ4n) is 2.65. The van der Waals surface area contributed by atoms with Crippen molar-refractivity contribution < 1.29 is 0 Å². The van der Waals surface area contributed by atoms with Gasteiger partial charge in [-0.25, -0.2) is 9.97 Å². The lowest BCUT2D eigenvalue weighted by Gasteiger charge is -2.05. The third-order valence-corrected chi connectivity index (χ3v) is 3.85. The van der Waals surface area contributed by atoms with E-state index in [1.807, 2.05) is 60.8 Å². The number of imidazole rings is 1. The Kier molecular flexibility index (Phi) is 3.90. The van der Waals surface area contributed by atoms with Gasteiger partial charge >= 0.3 is 0 Å². The Morgan fingerprint density at radius 1 is 0.875 bits per heavy atom. The van der Waals surface area contributed by atoms with E-state index in [1.54, 1.807) is 6.20 Å². The molecular weight excluding hydrogens is 298 g/mol.